The first-order valence-electron chi connectivity index (χ1n) is 11.2. The average molecular weight is 450 g/mol. The van der Waals surface area contributed by atoms with Crippen molar-refractivity contribution >= 4 is 40.4 Å². The fourth-order valence-corrected chi connectivity index (χ4v) is 4.24. The van der Waals surface area contributed by atoms with Gasteiger partial charge in [-0.25, -0.2) is 9.69 Å². The SMILES string of the molecule is CCc1ccc(N2C(=O)NC(=O)C(=Cc3cccn3Cc3cccc4ccccc34)C2=O)cc1. The number of carbonyl (C=O) groups is 3. The molecule has 0 bridgehead atoms. The van der Waals surface area contributed by atoms with Crippen molar-refractivity contribution in [1.82, 2.24) is 9.88 Å². The van der Waals surface area contributed by atoms with E-state index in [1.165, 1.54) is 0 Å². The molecule has 1 aliphatic heterocycles. The minimum atomic E-state index is -0.748. The van der Waals surface area contributed by atoms with Gasteiger partial charge in [-0.05, 0) is 58.7 Å². The van der Waals surface area contributed by atoms with Gasteiger partial charge < -0.3 is 4.57 Å². The van der Waals surface area contributed by atoms with Crippen molar-refractivity contribution in [3.63, 3.8) is 0 Å². The lowest BCUT2D eigenvalue weighted by atomic mass is 10.0. The van der Waals surface area contributed by atoms with E-state index < -0.39 is 17.8 Å². The Morgan fingerprint density at radius 2 is 1.62 bits per heavy atom. The quantitative estimate of drug-likeness (QED) is 0.347. The summed E-state index contributed by atoms with van der Waals surface area (Å²) in [4.78, 5) is 39.3. The zero-order chi connectivity index (χ0) is 23.7. The summed E-state index contributed by atoms with van der Waals surface area (Å²) in [5, 5.41) is 4.59. The van der Waals surface area contributed by atoms with Crippen molar-refractivity contribution < 1.29 is 14.4 Å². The Kier molecular flexibility index (Phi) is 5.55. The fourth-order valence-electron chi connectivity index (χ4n) is 4.24. The van der Waals surface area contributed by atoms with Gasteiger partial charge >= 0.3 is 6.03 Å². The van der Waals surface area contributed by atoms with Crippen LogP contribution in [0.1, 0.15) is 23.7 Å². The number of nitrogens with one attached hydrogen (secondary N) is 1. The van der Waals surface area contributed by atoms with Crippen molar-refractivity contribution in [3.05, 3.63) is 107 Å². The lowest BCUT2D eigenvalue weighted by molar-refractivity contribution is -0.122. The number of hydrogen-bond acceptors (Lipinski definition) is 3. The van der Waals surface area contributed by atoms with Gasteiger partial charge in [-0.3, -0.25) is 14.9 Å². The number of anilines is 1. The number of carbonyl (C=O) groups excluding carboxylic acids is 3. The molecule has 0 aliphatic carbocycles. The number of fused-ring (bicyclic) bond motifs is 1. The molecule has 168 valence electrons. The zero-order valence-electron chi connectivity index (χ0n) is 18.7. The first-order valence-corrected chi connectivity index (χ1v) is 11.2. The number of aromatic nitrogens is 1. The number of imide groups is 2. The number of amides is 4. The van der Waals surface area contributed by atoms with Gasteiger partial charge in [-0.1, -0.05) is 61.5 Å². The van der Waals surface area contributed by atoms with E-state index in [0.29, 0.717) is 17.9 Å². The minimum absolute atomic E-state index is 0.0861. The van der Waals surface area contributed by atoms with Crippen LogP contribution in [0.4, 0.5) is 10.5 Å². The predicted octanol–water partition coefficient (Wildman–Crippen LogP) is 4.92. The molecule has 34 heavy (non-hydrogen) atoms. The molecule has 0 unspecified atom stereocenters. The van der Waals surface area contributed by atoms with Gasteiger partial charge in [0.1, 0.15) is 5.57 Å². The van der Waals surface area contributed by atoms with Crippen LogP contribution in [0.15, 0.2) is 90.6 Å². The monoisotopic (exact) mass is 449 g/mol. The topological polar surface area (TPSA) is 71.4 Å². The van der Waals surface area contributed by atoms with Gasteiger partial charge in [0.15, 0.2) is 0 Å². The van der Waals surface area contributed by atoms with Crippen LogP contribution in [0.5, 0.6) is 0 Å². The van der Waals surface area contributed by atoms with Gasteiger partial charge in [0.05, 0.1) is 5.69 Å². The van der Waals surface area contributed by atoms with Crippen molar-refractivity contribution in [2.45, 2.75) is 19.9 Å². The third-order valence-corrected chi connectivity index (χ3v) is 6.08. The number of urea groups is 1. The second-order valence-electron chi connectivity index (χ2n) is 8.18. The first kappa shape index (κ1) is 21.4. The zero-order valence-corrected chi connectivity index (χ0v) is 18.7. The fraction of sp³-hybridized carbons (Fsp3) is 0.107. The van der Waals surface area contributed by atoms with Gasteiger partial charge in [-0.15, -0.1) is 0 Å². The molecule has 3 aromatic carbocycles. The van der Waals surface area contributed by atoms with E-state index in [0.717, 1.165) is 33.2 Å². The normalized spacial score (nSPS) is 15.3. The summed E-state index contributed by atoms with van der Waals surface area (Å²) in [5.41, 5.74) is 3.25. The molecule has 6 nitrogen and oxygen atoms in total. The number of benzene rings is 3. The second kappa shape index (κ2) is 8.83. The predicted molar refractivity (Wildman–Crippen MR) is 132 cm³/mol. The minimum Gasteiger partial charge on any atom is -0.344 e. The highest BCUT2D eigenvalue weighted by Crippen LogP contribution is 2.24. The maximum absolute atomic E-state index is 13.2. The standard InChI is InChI=1S/C28H23N3O3/c1-2-19-12-14-22(15-13-19)31-27(33)25(26(32)29-28(31)34)17-23-10-6-16-30(23)18-21-9-5-8-20-7-3-4-11-24(20)21/h3-17H,2,18H2,1H3,(H,29,32,34). The Hall–Kier alpha value is -4.45. The Morgan fingerprint density at radius 1 is 0.853 bits per heavy atom. The third-order valence-electron chi connectivity index (χ3n) is 6.08. The summed E-state index contributed by atoms with van der Waals surface area (Å²) in [6, 6.07) is 24.5. The molecule has 5 rings (SSSR count). The molecule has 0 atom stereocenters. The highest BCUT2D eigenvalue weighted by atomic mass is 16.2. The summed E-state index contributed by atoms with van der Waals surface area (Å²) in [5.74, 6) is -1.34. The molecule has 4 amide bonds. The molecule has 1 saturated heterocycles. The van der Waals surface area contributed by atoms with Crippen LogP contribution in [-0.2, 0) is 22.6 Å². The van der Waals surface area contributed by atoms with Crippen LogP contribution in [-0.4, -0.2) is 22.4 Å². The molecule has 4 aromatic rings. The van der Waals surface area contributed by atoms with E-state index in [-0.39, 0.29) is 5.57 Å². The Morgan fingerprint density at radius 3 is 2.41 bits per heavy atom. The van der Waals surface area contributed by atoms with Crippen molar-refractivity contribution in [1.29, 1.82) is 0 Å². The van der Waals surface area contributed by atoms with Crippen LogP contribution >= 0.6 is 0 Å². The Bertz CT molecular complexity index is 1440. The number of nitrogens with zero attached hydrogens (tertiary/aromatic N) is 2. The smallest absolute Gasteiger partial charge is 0.335 e. The summed E-state index contributed by atoms with van der Waals surface area (Å²) in [6.07, 6.45) is 4.30. The molecule has 1 aromatic heterocycles. The van der Waals surface area contributed by atoms with E-state index >= 15 is 0 Å². The van der Waals surface area contributed by atoms with Gasteiger partial charge in [0, 0.05) is 18.4 Å². The Balaban J connectivity index is 1.48. The van der Waals surface area contributed by atoms with E-state index in [1.807, 2.05) is 60.2 Å². The van der Waals surface area contributed by atoms with Crippen LogP contribution < -0.4 is 10.2 Å². The van der Waals surface area contributed by atoms with E-state index in [1.54, 1.807) is 18.2 Å². The number of rotatable bonds is 5. The number of aryl methyl sites for hydroxylation is 1. The van der Waals surface area contributed by atoms with Gasteiger partial charge in [0.25, 0.3) is 11.8 Å². The molecule has 0 saturated carbocycles. The molecular formula is C28H23N3O3. The van der Waals surface area contributed by atoms with Crippen LogP contribution in [0, 0.1) is 0 Å². The maximum atomic E-state index is 13.2. The van der Waals surface area contributed by atoms with Gasteiger partial charge in [-0.2, -0.15) is 0 Å². The molecule has 0 radical (unpaired) electrons. The average Bonchev–Trinajstić information content (AvgIpc) is 3.29. The highest BCUT2D eigenvalue weighted by molar-refractivity contribution is 6.39. The summed E-state index contributed by atoms with van der Waals surface area (Å²) < 4.78 is 1.98. The molecule has 1 aliphatic rings. The number of hydrogen-bond donors (Lipinski definition) is 1. The molecular weight excluding hydrogens is 426 g/mol. The first-order chi connectivity index (χ1) is 16.5. The van der Waals surface area contributed by atoms with Gasteiger partial charge in [0.2, 0.25) is 0 Å². The highest BCUT2D eigenvalue weighted by Gasteiger charge is 2.36. The summed E-state index contributed by atoms with van der Waals surface area (Å²) in [6.45, 7) is 2.60. The maximum Gasteiger partial charge on any atom is 0.335 e. The number of barbiturate groups is 1. The largest absolute Gasteiger partial charge is 0.344 e. The second-order valence-corrected chi connectivity index (χ2v) is 8.18. The van der Waals surface area contributed by atoms with E-state index in [4.69, 9.17) is 0 Å². The van der Waals surface area contributed by atoms with Crippen LogP contribution in [0.3, 0.4) is 0 Å². The molecule has 1 N–H and O–H groups in total. The lowest BCUT2D eigenvalue weighted by Gasteiger charge is -2.26. The molecule has 1 fully saturated rings. The van der Waals surface area contributed by atoms with Crippen LogP contribution in [0.25, 0.3) is 16.8 Å². The van der Waals surface area contributed by atoms with E-state index in [2.05, 4.69) is 29.6 Å². The van der Waals surface area contributed by atoms with Crippen molar-refractivity contribution in [2.24, 2.45) is 0 Å². The van der Waals surface area contributed by atoms with Crippen molar-refractivity contribution in [2.75, 3.05) is 4.90 Å². The molecule has 0 spiro atoms. The lowest BCUT2D eigenvalue weighted by Crippen LogP contribution is -2.54. The Labute approximate surface area is 197 Å². The third kappa shape index (κ3) is 3.90. The summed E-state index contributed by atoms with van der Waals surface area (Å²) in [7, 11) is 0. The van der Waals surface area contributed by atoms with Crippen LogP contribution in [0.2, 0.25) is 0 Å². The summed E-state index contributed by atoms with van der Waals surface area (Å²) >= 11 is 0. The molecule has 6 heteroatoms. The molecule has 2 heterocycles. The van der Waals surface area contributed by atoms with Crippen molar-refractivity contribution in [3.8, 4) is 0 Å². The van der Waals surface area contributed by atoms with E-state index in [9.17, 15) is 14.4 Å².